The lowest BCUT2D eigenvalue weighted by atomic mass is 9.98. The highest BCUT2D eigenvalue weighted by Crippen LogP contribution is 2.39. The first-order valence-electron chi connectivity index (χ1n) is 7.44. The lowest BCUT2D eigenvalue weighted by Crippen LogP contribution is -2.39. The number of anilines is 2. The van der Waals surface area contributed by atoms with Crippen molar-refractivity contribution in [2.75, 3.05) is 11.4 Å². The quantitative estimate of drug-likeness (QED) is 0.779. The number of halogens is 4. The molecule has 1 aliphatic rings. The molecule has 0 bridgehead atoms. The van der Waals surface area contributed by atoms with Gasteiger partial charge < -0.3 is 15.4 Å². The second-order valence-electron chi connectivity index (χ2n) is 5.66. The van der Waals surface area contributed by atoms with Gasteiger partial charge in [-0.05, 0) is 42.0 Å². The fourth-order valence-corrected chi connectivity index (χ4v) is 3.43. The van der Waals surface area contributed by atoms with E-state index >= 15 is 0 Å². The number of hydrogen-bond donors (Lipinski definition) is 1. The van der Waals surface area contributed by atoms with E-state index in [2.05, 4.69) is 15.9 Å². The fraction of sp³-hybridized carbons (Fsp3) is 0.235. The normalized spacial score (nSPS) is 17.1. The van der Waals surface area contributed by atoms with E-state index in [1.165, 1.54) is 12.1 Å². The molecule has 0 aromatic heterocycles. The molecule has 1 heterocycles. The molecule has 0 fully saturated rings. The van der Waals surface area contributed by atoms with Gasteiger partial charge in [0, 0.05) is 22.3 Å². The minimum absolute atomic E-state index is 0.303. The van der Waals surface area contributed by atoms with Gasteiger partial charge in [-0.3, -0.25) is 0 Å². The van der Waals surface area contributed by atoms with Gasteiger partial charge in [0.2, 0.25) is 0 Å². The van der Waals surface area contributed by atoms with Gasteiger partial charge in [0.15, 0.2) is 0 Å². The Kier molecular flexibility index (Phi) is 4.64. The van der Waals surface area contributed by atoms with Crippen LogP contribution >= 0.6 is 15.9 Å². The van der Waals surface area contributed by atoms with Crippen LogP contribution in [0.5, 0.6) is 0 Å². The summed E-state index contributed by atoms with van der Waals surface area (Å²) in [6, 6.07) is 10.4. The van der Waals surface area contributed by atoms with Crippen LogP contribution in [0.4, 0.5) is 29.3 Å². The number of benzene rings is 2. The molecule has 2 aromatic carbocycles. The maximum absolute atomic E-state index is 12.8. The van der Waals surface area contributed by atoms with Gasteiger partial charge in [-0.15, -0.1) is 0 Å². The van der Waals surface area contributed by atoms with Gasteiger partial charge in [-0.25, -0.2) is 4.79 Å². The number of carbonyl (C=O) groups excluding carboxylic acids is 1. The summed E-state index contributed by atoms with van der Waals surface area (Å²) in [6.07, 6.45) is -5.30. The number of hydrogen-bond acceptors (Lipinski definition) is 3. The van der Waals surface area contributed by atoms with Gasteiger partial charge in [-0.2, -0.15) is 13.2 Å². The van der Waals surface area contributed by atoms with E-state index in [1.54, 1.807) is 0 Å². The average molecular weight is 415 g/mol. The second kappa shape index (κ2) is 6.59. The number of fused-ring (bicyclic) bond motifs is 1. The molecule has 25 heavy (non-hydrogen) atoms. The van der Waals surface area contributed by atoms with E-state index in [9.17, 15) is 18.0 Å². The molecule has 132 valence electrons. The van der Waals surface area contributed by atoms with Crippen LogP contribution < -0.4 is 10.6 Å². The molecule has 1 amide bonds. The monoisotopic (exact) mass is 414 g/mol. The lowest BCUT2D eigenvalue weighted by Gasteiger charge is -2.36. The van der Waals surface area contributed by atoms with Crippen molar-refractivity contribution < 1.29 is 22.7 Å². The Morgan fingerprint density at radius 1 is 1.20 bits per heavy atom. The third kappa shape index (κ3) is 3.73. The summed E-state index contributed by atoms with van der Waals surface area (Å²) in [7, 11) is 0. The highest BCUT2D eigenvalue weighted by Gasteiger charge is 2.32. The number of alkyl halides is 3. The molecule has 0 spiro atoms. The zero-order chi connectivity index (χ0) is 18.2. The van der Waals surface area contributed by atoms with E-state index in [-0.39, 0.29) is 0 Å². The van der Waals surface area contributed by atoms with Crippen LogP contribution in [0.15, 0.2) is 46.9 Å². The molecule has 0 saturated carbocycles. The van der Waals surface area contributed by atoms with E-state index in [0.29, 0.717) is 18.7 Å². The van der Waals surface area contributed by atoms with Crippen molar-refractivity contribution in [3.63, 3.8) is 0 Å². The van der Waals surface area contributed by atoms with Gasteiger partial charge in [0.25, 0.3) is 0 Å². The molecule has 0 saturated heterocycles. The van der Waals surface area contributed by atoms with Gasteiger partial charge in [-0.1, -0.05) is 22.0 Å². The van der Waals surface area contributed by atoms with Crippen LogP contribution in [0.3, 0.4) is 0 Å². The SMILES string of the molecule is NC(=O)OC1Cc2c(Br)cccc2N(c2ccc(C(F)(F)F)cc2)C1. The number of primary amides is 1. The first kappa shape index (κ1) is 17.6. The Morgan fingerprint density at radius 2 is 1.88 bits per heavy atom. The highest BCUT2D eigenvalue weighted by molar-refractivity contribution is 9.10. The van der Waals surface area contributed by atoms with Crippen molar-refractivity contribution >= 4 is 33.4 Å². The summed E-state index contributed by atoms with van der Waals surface area (Å²) in [6.45, 7) is 0.303. The molecular formula is C17H14BrF3N2O2. The van der Waals surface area contributed by atoms with E-state index in [0.717, 1.165) is 27.9 Å². The van der Waals surface area contributed by atoms with Crippen molar-refractivity contribution in [2.24, 2.45) is 5.73 Å². The summed E-state index contributed by atoms with van der Waals surface area (Å²) >= 11 is 3.47. The van der Waals surface area contributed by atoms with E-state index in [1.807, 2.05) is 23.1 Å². The van der Waals surface area contributed by atoms with Gasteiger partial charge in [0.05, 0.1) is 12.1 Å². The maximum Gasteiger partial charge on any atom is 0.416 e. The molecule has 2 N–H and O–H groups in total. The summed E-state index contributed by atoms with van der Waals surface area (Å²) in [4.78, 5) is 12.9. The Hall–Kier alpha value is -2.22. The van der Waals surface area contributed by atoms with Crippen LogP contribution in [-0.2, 0) is 17.3 Å². The minimum Gasteiger partial charge on any atom is -0.444 e. The Labute approximate surface area is 150 Å². The second-order valence-corrected chi connectivity index (χ2v) is 6.51. The van der Waals surface area contributed by atoms with Crippen LogP contribution in [-0.4, -0.2) is 18.7 Å². The summed E-state index contributed by atoms with van der Waals surface area (Å²) in [5.74, 6) is 0. The zero-order valence-electron chi connectivity index (χ0n) is 12.9. The lowest BCUT2D eigenvalue weighted by molar-refractivity contribution is -0.137. The molecule has 1 unspecified atom stereocenters. The topological polar surface area (TPSA) is 55.6 Å². The molecule has 3 rings (SSSR count). The third-order valence-corrected chi connectivity index (χ3v) is 4.74. The Morgan fingerprint density at radius 3 is 2.48 bits per heavy atom. The molecule has 8 heteroatoms. The zero-order valence-corrected chi connectivity index (χ0v) is 14.5. The van der Waals surface area contributed by atoms with Gasteiger partial charge in [0.1, 0.15) is 6.10 Å². The first-order chi connectivity index (χ1) is 11.8. The van der Waals surface area contributed by atoms with Crippen LogP contribution in [0.2, 0.25) is 0 Å². The summed E-state index contributed by atoms with van der Waals surface area (Å²) in [5, 5.41) is 0. The van der Waals surface area contributed by atoms with Crippen LogP contribution in [0, 0.1) is 0 Å². The van der Waals surface area contributed by atoms with Crippen molar-refractivity contribution in [3.05, 3.63) is 58.1 Å². The molecule has 0 radical (unpaired) electrons. The number of rotatable bonds is 2. The van der Waals surface area contributed by atoms with Crippen molar-refractivity contribution in [2.45, 2.75) is 18.7 Å². The van der Waals surface area contributed by atoms with Crippen molar-refractivity contribution in [1.29, 1.82) is 0 Å². The number of amides is 1. The van der Waals surface area contributed by atoms with Crippen molar-refractivity contribution in [1.82, 2.24) is 0 Å². The predicted molar refractivity (Wildman–Crippen MR) is 90.8 cm³/mol. The molecular weight excluding hydrogens is 401 g/mol. The summed E-state index contributed by atoms with van der Waals surface area (Å²) in [5.41, 5.74) is 6.72. The smallest absolute Gasteiger partial charge is 0.416 e. The largest absolute Gasteiger partial charge is 0.444 e. The van der Waals surface area contributed by atoms with Gasteiger partial charge >= 0.3 is 12.3 Å². The highest BCUT2D eigenvalue weighted by atomic mass is 79.9. The third-order valence-electron chi connectivity index (χ3n) is 3.99. The van der Waals surface area contributed by atoms with E-state index in [4.69, 9.17) is 10.5 Å². The van der Waals surface area contributed by atoms with E-state index < -0.39 is 23.9 Å². The molecule has 4 nitrogen and oxygen atoms in total. The fourth-order valence-electron chi connectivity index (χ4n) is 2.91. The van der Waals surface area contributed by atoms with Crippen LogP contribution in [0.25, 0.3) is 0 Å². The van der Waals surface area contributed by atoms with Crippen LogP contribution in [0.1, 0.15) is 11.1 Å². The molecule has 0 aliphatic carbocycles. The summed E-state index contributed by atoms with van der Waals surface area (Å²) < 4.78 is 44.3. The molecule has 2 aromatic rings. The number of nitrogens with two attached hydrogens (primary N) is 1. The molecule has 1 aliphatic heterocycles. The standard InChI is InChI=1S/C17H14BrF3N2O2/c18-14-2-1-3-15-13(14)8-12(25-16(22)24)9-23(15)11-6-4-10(5-7-11)17(19,20)21/h1-7,12H,8-9H2,(H2,22,24). The number of carbonyl (C=O) groups is 1. The molecule has 1 atom stereocenters. The number of ether oxygens (including phenoxy) is 1. The Balaban J connectivity index is 1.99. The maximum atomic E-state index is 12.8. The Bertz CT molecular complexity index is 793. The predicted octanol–water partition coefficient (Wildman–Crippen LogP) is 4.63. The average Bonchev–Trinajstić information content (AvgIpc) is 2.54. The first-order valence-corrected chi connectivity index (χ1v) is 8.23. The number of nitrogens with zero attached hydrogens (tertiary/aromatic N) is 1. The van der Waals surface area contributed by atoms with Crippen molar-refractivity contribution in [3.8, 4) is 0 Å². The minimum atomic E-state index is -4.39.